The van der Waals surface area contributed by atoms with Crippen LogP contribution in [0.25, 0.3) is 16.6 Å². The van der Waals surface area contributed by atoms with E-state index in [4.69, 9.17) is 32.9 Å². The number of nitrogens with zero attached hydrogens (tertiary/aromatic N) is 3. The molecule has 41 heavy (non-hydrogen) atoms. The van der Waals surface area contributed by atoms with Crippen molar-refractivity contribution in [2.45, 2.75) is 26.4 Å². The molecule has 9 heteroatoms. The Balaban J connectivity index is 1.63. The molecular weight excluding hydrogens is 559 g/mol. The topological polar surface area (TPSA) is 76.5 Å². The first kappa shape index (κ1) is 28.2. The van der Waals surface area contributed by atoms with E-state index in [-0.39, 0.29) is 12.1 Å². The number of ether oxygens (including phenoxy) is 1. The summed E-state index contributed by atoms with van der Waals surface area (Å²) in [6.07, 6.45) is 0. The zero-order valence-corrected chi connectivity index (χ0v) is 24.1. The lowest BCUT2D eigenvalue weighted by molar-refractivity contribution is 0.185. The molecule has 1 unspecified atom stereocenters. The van der Waals surface area contributed by atoms with E-state index in [1.54, 1.807) is 39.8 Å². The number of hydrogen-bond acceptors (Lipinski definition) is 4. The molecule has 0 aliphatic rings. The van der Waals surface area contributed by atoms with Crippen LogP contribution in [0.4, 0.5) is 10.5 Å². The predicted octanol–water partition coefficient (Wildman–Crippen LogP) is 7.89. The molecule has 1 atom stereocenters. The van der Waals surface area contributed by atoms with Crippen molar-refractivity contribution in [3.63, 3.8) is 0 Å². The van der Waals surface area contributed by atoms with Gasteiger partial charge in [0.15, 0.2) is 0 Å². The predicted molar refractivity (Wildman–Crippen MR) is 164 cm³/mol. The fourth-order valence-corrected chi connectivity index (χ4v) is 5.08. The summed E-state index contributed by atoms with van der Waals surface area (Å²) >= 11 is 12.4. The Morgan fingerprint density at radius 2 is 1.68 bits per heavy atom. The summed E-state index contributed by atoms with van der Waals surface area (Å²) in [7, 11) is 0. The molecule has 0 aliphatic heterocycles. The van der Waals surface area contributed by atoms with Crippen molar-refractivity contribution in [1.82, 2.24) is 14.5 Å². The SMILES string of the molecule is CCOc1ccc(-n2c(C(C)N(Cc3ccccc3)C(=O)Nc3ccc(Cl)cc3Cl)nc3ccccc3c2=O)cc1. The maximum atomic E-state index is 13.9. The third-order valence-corrected chi connectivity index (χ3v) is 7.23. The minimum atomic E-state index is -0.634. The molecule has 208 valence electrons. The van der Waals surface area contributed by atoms with Crippen molar-refractivity contribution in [3.05, 3.63) is 129 Å². The molecule has 0 radical (unpaired) electrons. The molecule has 7 nitrogen and oxygen atoms in total. The van der Waals surface area contributed by atoms with Gasteiger partial charge in [0, 0.05) is 11.6 Å². The molecule has 5 aromatic rings. The third-order valence-electron chi connectivity index (χ3n) is 6.68. The second kappa shape index (κ2) is 12.5. The minimum Gasteiger partial charge on any atom is -0.494 e. The second-order valence-corrected chi connectivity index (χ2v) is 10.2. The Bertz CT molecular complexity index is 1740. The van der Waals surface area contributed by atoms with E-state index in [0.717, 1.165) is 5.56 Å². The van der Waals surface area contributed by atoms with Gasteiger partial charge in [-0.3, -0.25) is 9.36 Å². The molecule has 0 aliphatic carbocycles. The number of para-hydroxylation sites is 1. The highest BCUT2D eigenvalue weighted by molar-refractivity contribution is 6.36. The average molecular weight is 588 g/mol. The molecule has 1 aromatic heterocycles. The summed E-state index contributed by atoms with van der Waals surface area (Å²) in [5.41, 5.74) is 2.25. The number of aromatic nitrogens is 2. The molecule has 1 heterocycles. The van der Waals surface area contributed by atoms with Gasteiger partial charge in [0.2, 0.25) is 0 Å². The van der Waals surface area contributed by atoms with Gasteiger partial charge in [-0.05, 0) is 74.0 Å². The summed E-state index contributed by atoms with van der Waals surface area (Å²) in [5.74, 6) is 1.10. The number of amides is 2. The number of rotatable bonds is 8. The molecule has 4 aromatic carbocycles. The standard InChI is InChI=1S/C32H28Cl2N4O3/c1-3-41-25-16-14-24(15-17-25)38-30(35-28-12-8-7-11-26(28)31(38)39)21(2)37(20-22-9-5-4-6-10-22)32(40)36-29-18-13-23(33)19-27(29)34/h4-19,21H,3,20H2,1-2H3,(H,36,40). The lowest BCUT2D eigenvalue weighted by Crippen LogP contribution is -2.39. The van der Waals surface area contributed by atoms with Gasteiger partial charge in [-0.15, -0.1) is 0 Å². The number of benzene rings is 4. The van der Waals surface area contributed by atoms with E-state index in [9.17, 15) is 9.59 Å². The van der Waals surface area contributed by atoms with Crippen LogP contribution in [0.5, 0.6) is 5.75 Å². The number of anilines is 1. The number of hydrogen-bond donors (Lipinski definition) is 1. The quantitative estimate of drug-likeness (QED) is 0.200. The first-order valence-electron chi connectivity index (χ1n) is 13.2. The number of carbonyl (C=O) groups excluding carboxylic acids is 1. The van der Waals surface area contributed by atoms with Crippen LogP contribution in [0.2, 0.25) is 10.0 Å². The van der Waals surface area contributed by atoms with E-state index in [2.05, 4.69) is 5.32 Å². The number of carbonyl (C=O) groups is 1. The van der Waals surface area contributed by atoms with Crippen LogP contribution in [0.1, 0.15) is 31.3 Å². The fourth-order valence-electron chi connectivity index (χ4n) is 4.62. The zero-order chi connectivity index (χ0) is 28.9. The lowest BCUT2D eigenvalue weighted by atomic mass is 10.1. The van der Waals surface area contributed by atoms with Crippen LogP contribution in [0.3, 0.4) is 0 Å². The minimum absolute atomic E-state index is 0.234. The molecule has 0 spiro atoms. The van der Waals surface area contributed by atoms with Gasteiger partial charge in [0.05, 0.1) is 39.9 Å². The van der Waals surface area contributed by atoms with E-state index in [0.29, 0.717) is 50.5 Å². The van der Waals surface area contributed by atoms with E-state index in [1.807, 2.05) is 80.6 Å². The summed E-state index contributed by atoms with van der Waals surface area (Å²) in [5, 5.41) is 4.16. The first-order valence-corrected chi connectivity index (χ1v) is 13.9. The molecular formula is C32H28Cl2N4O3. The average Bonchev–Trinajstić information content (AvgIpc) is 2.98. The summed E-state index contributed by atoms with van der Waals surface area (Å²) in [6, 6.07) is 27.9. The highest BCUT2D eigenvalue weighted by Crippen LogP contribution is 2.29. The van der Waals surface area contributed by atoms with Crippen LogP contribution in [0, 0.1) is 0 Å². The van der Waals surface area contributed by atoms with E-state index >= 15 is 0 Å². The molecule has 0 bridgehead atoms. The Morgan fingerprint density at radius 1 is 0.976 bits per heavy atom. The highest BCUT2D eigenvalue weighted by Gasteiger charge is 2.28. The number of halogens is 2. The first-order chi connectivity index (χ1) is 19.9. The van der Waals surface area contributed by atoms with Crippen molar-refractivity contribution in [2.75, 3.05) is 11.9 Å². The van der Waals surface area contributed by atoms with Crippen LogP contribution in [-0.2, 0) is 6.54 Å². The van der Waals surface area contributed by atoms with Crippen LogP contribution >= 0.6 is 23.2 Å². The van der Waals surface area contributed by atoms with Crippen molar-refractivity contribution in [3.8, 4) is 11.4 Å². The van der Waals surface area contributed by atoms with Crippen molar-refractivity contribution < 1.29 is 9.53 Å². The Hall–Kier alpha value is -4.33. The Morgan fingerprint density at radius 3 is 2.39 bits per heavy atom. The normalized spacial score (nSPS) is 11.7. The van der Waals surface area contributed by atoms with Gasteiger partial charge in [-0.1, -0.05) is 65.7 Å². The number of urea groups is 1. The summed E-state index contributed by atoms with van der Waals surface area (Å²) < 4.78 is 7.16. The van der Waals surface area contributed by atoms with Crippen LogP contribution in [-0.4, -0.2) is 27.1 Å². The number of nitrogens with one attached hydrogen (secondary N) is 1. The molecule has 1 N–H and O–H groups in total. The van der Waals surface area contributed by atoms with Gasteiger partial charge in [-0.2, -0.15) is 0 Å². The Kier molecular flexibility index (Phi) is 8.57. The number of fused-ring (bicyclic) bond motifs is 1. The van der Waals surface area contributed by atoms with E-state index in [1.165, 1.54) is 0 Å². The molecule has 5 rings (SSSR count). The summed E-state index contributed by atoms with van der Waals surface area (Å²) in [6.45, 7) is 4.55. The molecule has 2 amide bonds. The second-order valence-electron chi connectivity index (χ2n) is 9.40. The zero-order valence-electron chi connectivity index (χ0n) is 22.6. The monoisotopic (exact) mass is 586 g/mol. The molecule has 0 saturated heterocycles. The smallest absolute Gasteiger partial charge is 0.322 e. The fraction of sp³-hybridized carbons (Fsp3) is 0.156. The molecule has 0 saturated carbocycles. The summed E-state index contributed by atoms with van der Waals surface area (Å²) in [4.78, 5) is 34.3. The third kappa shape index (κ3) is 6.21. The van der Waals surface area contributed by atoms with Crippen LogP contribution in [0.15, 0.2) is 102 Å². The van der Waals surface area contributed by atoms with E-state index < -0.39 is 12.1 Å². The molecule has 0 fully saturated rings. The highest BCUT2D eigenvalue weighted by atomic mass is 35.5. The van der Waals surface area contributed by atoms with Gasteiger partial charge in [0.25, 0.3) is 5.56 Å². The maximum Gasteiger partial charge on any atom is 0.322 e. The largest absolute Gasteiger partial charge is 0.494 e. The van der Waals surface area contributed by atoms with Crippen molar-refractivity contribution in [2.24, 2.45) is 0 Å². The van der Waals surface area contributed by atoms with Crippen molar-refractivity contribution in [1.29, 1.82) is 0 Å². The van der Waals surface area contributed by atoms with Gasteiger partial charge < -0.3 is 15.0 Å². The van der Waals surface area contributed by atoms with Gasteiger partial charge in [-0.25, -0.2) is 9.78 Å². The lowest BCUT2D eigenvalue weighted by Gasteiger charge is -2.31. The van der Waals surface area contributed by atoms with Gasteiger partial charge in [0.1, 0.15) is 11.6 Å². The van der Waals surface area contributed by atoms with Gasteiger partial charge >= 0.3 is 6.03 Å². The maximum absolute atomic E-state index is 13.9. The Labute approximate surface area is 247 Å². The van der Waals surface area contributed by atoms with Crippen molar-refractivity contribution >= 4 is 45.8 Å². The van der Waals surface area contributed by atoms with Crippen LogP contribution < -0.4 is 15.6 Å².